The van der Waals surface area contributed by atoms with E-state index in [-0.39, 0.29) is 12.0 Å². The van der Waals surface area contributed by atoms with Crippen molar-refractivity contribution >= 4 is 11.9 Å². The maximum Gasteiger partial charge on any atom is 0.337 e. The van der Waals surface area contributed by atoms with Crippen molar-refractivity contribution in [3.8, 4) is 0 Å². The second-order valence-corrected chi connectivity index (χ2v) is 3.91. The molecule has 0 bridgehead atoms. The fourth-order valence-corrected chi connectivity index (χ4v) is 1.56. The summed E-state index contributed by atoms with van der Waals surface area (Å²) >= 11 is 0. The summed E-state index contributed by atoms with van der Waals surface area (Å²) < 4.78 is 8.96. The molecule has 0 aliphatic rings. The Hall–Kier alpha value is -1.92. The van der Waals surface area contributed by atoms with Crippen LogP contribution in [-0.2, 0) is 14.3 Å². The zero-order chi connectivity index (χ0) is 14.4. The summed E-state index contributed by atoms with van der Waals surface area (Å²) in [7, 11) is 2.44. The van der Waals surface area contributed by atoms with Crippen LogP contribution < -0.4 is 0 Å². The van der Waals surface area contributed by atoms with Crippen molar-refractivity contribution in [2.45, 2.75) is 18.6 Å². The lowest BCUT2D eigenvalue weighted by atomic mass is 10.0. The molecule has 0 saturated heterocycles. The highest BCUT2D eigenvalue weighted by Gasteiger charge is 2.22. The van der Waals surface area contributed by atoms with E-state index in [2.05, 4.69) is 9.47 Å². The van der Waals surface area contributed by atoms with E-state index in [1.165, 1.54) is 32.4 Å². The Balaban J connectivity index is 2.84. The van der Waals surface area contributed by atoms with Crippen LogP contribution in [0.15, 0.2) is 24.3 Å². The van der Waals surface area contributed by atoms with E-state index >= 15 is 0 Å². The van der Waals surface area contributed by atoms with Crippen LogP contribution in [-0.4, -0.2) is 42.5 Å². The van der Waals surface area contributed by atoms with Gasteiger partial charge in [-0.15, -0.1) is 0 Å². The fourth-order valence-electron chi connectivity index (χ4n) is 1.56. The molecule has 0 radical (unpaired) electrons. The highest BCUT2D eigenvalue weighted by Crippen LogP contribution is 2.20. The van der Waals surface area contributed by atoms with Gasteiger partial charge in [0.05, 0.1) is 32.3 Å². The van der Waals surface area contributed by atoms with Crippen LogP contribution in [0.5, 0.6) is 0 Å². The molecule has 2 unspecified atom stereocenters. The van der Waals surface area contributed by atoms with Crippen LogP contribution in [0.4, 0.5) is 0 Å². The van der Waals surface area contributed by atoms with Gasteiger partial charge in [-0.2, -0.15) is 0 Å². The molecule has 104 valence electrons. The van der Waals surface area contributed by atoms with Gasteiger partial charge in [-0.25, -0.2) is 4.79 Å². The monoisotopic (exact) mass is 268 g/mol. The Labute approximate surface area is 110 Å². The third kappa shape index (κ3) is 4.04. The quantitative estimate of drug-likeness (QED) is 0.752. The Kier molecular flexibility index (Phi) is 5.47. The van der Waals surface area contributed by atoms with Crippen molar-refractivity contribution in [1.82, 2.24) is 0 Å². The van der Waals surface area contributed by atoms with Crippen molar-refractivity contribution < 1.29 is 29.3 Å². The number of carbonyl (C=O) groups is 2. The SMILES string of the molecule is COC(=O)CC(O)C(O)c1cccc(C(=O)OC)c1. The van der Waals surface area contributed by atoms with E-state index < -0.39 is 24.1 Å². The third-order valence-corrected chi connectivity index (χ3v) is 2.62. The summed E-state index contributed by atoms with van der Waals surface area (Å²) in [6, 6.07) is 6.01. The smallest absolute Gasteiger partial charge is 0.337 e. The molecule has 2 N–H and O–H groups in total. The molecule has 6 heteroatoms. The predicted molar refractivity (Wildman–Crippen MR) is 65.4 cm³/mol. The van der Waals surface area contributed by atoms with E-state index in [4.69, 9.17) is 0 Å². The topological polar surface area (TPSA) is 93.1 Å². The lowest BCUT2D eigenvalue weighted by molar-refractivity contribution is -0.144. The van der Waals surface area contributed by atoms with Gasteiger partial charge in [0, 0.05) is 0 Å². The third-order valence-electron chi connectivity index (χ3n) is 2.62. The van der Waals surface area contributed by atoms with Gasteiger partial charge in [0.2, 0.25) is 0 Å². The maximum atomic E-state index is 11.3. The number of methoxy groups -OCH3 is 2. The van der Waals surface area contributed by atoms with Gasteiger partial charge in [-0.05, 0) is 17.7 Å². The van der Waals surface area contributed by atoms with Crippen LogP contribution in [0.3, 0.4) is 0 Å². The number of ether oxygens (including phenoxy) is 2. The summed E-state index contributed by atoms with van der Waals surface area (Å²) in [6.45, 7) is 0. The number of esters is 2. The number of carbonyl (C=O) groups excluding carboxylic acids is 2. The van der Waals surface area contributed by atoms with E-state index in [0.29, 0.717) is 5.56 Å². The Morgan fingerprint density at radius 1 is 1.21 bits per heavy atom. The van der Waals surface area contributed by atoms with Crippen molar-refractivity contribution in [2.24, 2.45) is 0 Å². The molecule has 1 aromatic rings. The predicted octanol–water partition coefficient (Wildman–Crippen LogP) is 0.431. The summed E-state index contributed by atoms with van der Waals surface area (Å²) in [5, 5.41) is 19.6. The molecule has 0 aliphatic heterocycles. The van der Waals surface area contributed by atoms with Crippen molar-refractivity contribution in [1.29, 1.82) is 0 Å². The number of hydrogen-bond acceptors (Lipinski definition) is 6. The first-order valence-corrected chi connectivity index (χ1v) is 5.60. The first kappa shape index (κ1) is 15.1. The summed E-state index contributed by atoms with van der Waals surface area (Å²) in [5.74, 6) is -1.17. The van der Waals surface area contributed by atoms with Gasteiger partial charge in [0.25, 0.3) is 0 Å². The van der Waals surface area contributed by atoms with E-state index in [1.807, 2.05) is 0 Å². The molecule has 1 rings (SSSR count). The largest absolute Gasteiger partial charge is 0.469 e. The van der Waals surface area contributed by atoms with Gasteiger partial charge < -0.3 is 19.7 Å². The molecule has 0 fully saturated rings. The zero-order valence-electron chi connectivity index (χ0n) is 10.7. The molecule has 0 spiro atoms. The molecule has 0 aliphatic carbocycles. The highest BCUT2D eigenvalue weighted by atomic mass is 16.5. The zero-order valence-corrected chi connectivity index (χ0v) is 10.7. The molecule has 2 atom stereocenters. The molecule has 0 saturated carbocycles. The van der Waals surface area contributed by atoms with Crippen LogP contribution in [0.1, 0.15) is 28.4 Å². The van der Waals surface area contributed by atoms with Crippen LogP contribution in [0.25, 0.3) is 0 Å². The minimum absolute atomic E-state index is 0.254. The summed E-state index contributed by atoms with van der Waals surface area (Å²) in [4.78, 5) is 22.4. The van der Waals surface area contributed by atoms with Gasteiger partial charge in [0.1, 0.15) is 6.10 Å². The number of aliphatic hydroxyl groups is 2. The second kappa shape index (κ2) is 6.86. The molecule has 6 nitrogen and oxygen atoms in total. The lowest BCUT2D eigenvalue weighted by Crippen LogP contribution is -2.22. The van der Waals surface area contributed by atoms with Crippen LogP contribution in [0.2, 0.25) is 0 Å². The van der Waals surface area contributed by atoms with Crippen LogP contribution in [0, 0.1) is 0 Å². The summed E-state index contributed by atoms with van der Waals surface area (Å²) in [6.07, 6.45) is -2.93. The van der Waals surface area contributed by atoms with Gasteiger partial charge in [0.15, 0.2) is 0 Å². The average molecular weight is 268 g/mol. The van der Waals surface area contributed by atoms with Gasteiger partial charge >= 0.3 is 11.9 Å². The Morgan fingerprint density at radius 2 is 1.89 bits per heavy atom. The number of benzene rings is 1. The fraction of sp³-hybridized carbons (Fsp3) is 0.385. The van der Waals surface area contributed by atoms with Gasteiger partial charge in [-0.3, -0.25) is 4.79 Å². The van der Waals surface area contributed by atoms with E-state index in [9.17, 15) is 19.8 Å². The highest BCUT2D eigenvalue weighted by molar-refractivity contribution is 5.89. The standard InChI is InChI=1S/C13H16O6/c1-18-11(15)7-10(14)12(16)8-4-3-5-9(6-8)13(17)19-2/h3-6,10,12,14,16H,7H2,1-2H3. The molecule has 0 aromatic heterocycles. The maximum absolute atomic E-state index is 11.3. The second-order valence-electron chi connectivity index (χ2n) is 3.91. The number of hydrogen-bond donors (Lipinski definition) is 2. The molecule has 19 heavy (non-hydrogen) atoms. The molecular formula is C13H16O6. The minimum Gasteiger partial charge on any atom is -0.469 e. The van der Waals surface area contributed by atoms with E-state index in [1.54, 1.807) is 6.07 Å². The van der Waals surface area contributed by atoms with Crippen molar-refractivity contribution in [3.05, 3.63) is 35.4 Å². The van der Waals surface area contributed by atoms with Gasteiger partial charge in [-0.1, -0.05) is 12.1 Å². The molecular weight excluding hydrogens is 252 g/mol. The summed E-state index contributed by atoms with van der Waals surface area (Å²) in [5.41, 5.74) is 0.573. The first-order chi connectivity index (χ1) is 8.99. The first-order valence-electron chi connectivity index (χ1n) is 5.60. The van der Waals surface area contributed by atoms with Crippen molar-refractivity contribution in [3.63, 3.8) is 0 Å². The Morgan fingerprint density at radius 3 is 2.47 bits per heavy atom. The van der Waals surface area contributed by atoms with Crippen LogP contribution >= 0.6 is 0 Å². The lowest BCUT2D eigenvalue weighted by Gasteiger charge is -2.17. The molecule has 1 aromatic carbocycles. The number of aliphatic hydroxyl groups excluding tert-OH is 2. The van der Waals surface area contributed by atoms with E-state index in [0.717, 1.165) is 0 Å². The normalized spacial score (nSPS) is 13.5. The average Bonchev–Trinajstić information content (AvgIpc) is 2.45. The number of rotatable bonds is 5. The van der Waals surface area contributed by atoms with Crippen molar-refractivity contribution in [2.75, 3.05) is 14.2 Å². The molecule has 0 amide bonds. The Bertz CT molecular complexity index is 456. The molecule has 0 heterocycles. The minimum atomic E-state index is -1.31.